The highest BCUT2D eigenvalue weighted by Crippen LogP contribution is 2.23. The van der Waals surface area contributed by atoms with Crippen LogP contribution in [-0.4, -0.2) is 23.6 Å². The summed E-state index contributed by atoms with van der Waals surface area (Å²) in [4.78, 5) is 9.83. The Kier molecular flexibility index (Phi) is 3.08. The molecule has 0 radical (unpaired) electrons. The number of nitro benzene ring substituents is 1. The lowest BCUT2D eigenvalue weighted by Crippen LogP contribution is -2.58. The Hall–Kier alpha value is -1.53. The molecule has 0 spiro atoms. The summed E-state index contributed by atoms with van der Waals surface area (Å²) >= 11 is 0. The van der Waals surface area contributed by atoms with E-state index in [2.05, 4.69) is 5.32 Å². The van der Waals surface area contributed by atoms with Gasteiger partial charge in [-0.1, -0.05) is 12.1 Å². The smallest absolute Gasteiger partial charge is 0.305 e. The van der Waals surface area contributed by atoms with Crippen molar-refractivity contribution >= 4 is 5.69 Å². The Morgan fingerprint density at radius 2 is 2.29 bits per heavy atom. The maximum absolute atomic E-state index is 13.7. The average molecular weight is 240 g/mol. The number of ether oxygens (including phenoxy) is 1. The molecule has 17 heavy (non-hydrogen) atoms. The van der Waals surface area contributed by atoms with Crippen molar-refractivity contribution in [2.45, 2.75) is 19.1 Å². The van der Waals surface area contributed by atoms with Gasteiger partial charge in [-0.25, -0.2) is 0 Å². The van der Waals surface area contributed by atoms with Crippen LogP contribution in [0.4, 0.5) is 10.1 Å². The molecule has 0 atom stereocenters. The van der Waals surface area contributed by atoms with Crippen LogP contribution < -0.4 is 5.32 Å². The summed E-state index contributed by atoms with van der Waals surface area (Å²) in [6.45, 7) is 3.39. The van der Waals surface area contributed by atoms with Crippen molar-refractivity contribution in [2.24, 2.45) is 0 Å². The quantitative estimate of drug-likeness (QED) is 0.641. The Balaban J connectivity index is 2.10. The van der Waals surface area contributed by atoms with E-state index in [1.165, 1.54) is 12.1 Å². The molecule has 92 valence electrons. The molecule has 1 aliphatic heterocycles. The maximum Gasteiger partial charge on any atom is 0.305 e. The molecule has 0 amide bonds. The van der Waals surface area contributed by atoms with Gasteiger partial charge in [0.25, 0.3) is 0 Å². The van der Waals surface area contributed by atoms with Gasteiger partial charge in [0.2, 0.25) is 5.82 Å². The minimum absolute atomic E-state index is 0.0473. The van der Waals surface area contributed by atoms with E-state index in [4.69, 9.17) is 4.74 Å². The molecule has 0 saturated carbocycles. The number of hydrogen-bond acceptors (Lipinski definition) is 4. The molecule has 6 heteroatoms. The molecule has 1 heterocycles. The van der Waals surface area contributed by atoms with E-state index in [1.54, 1.807) is 0 Å². The number of nitrogens with one attached hydrogen (secondary N) is 1. The topological polar surface area (TPSA) is 64.4 Å². The van der Waals surface area contributed by atoms with Crippen molar-refractivity contribution in [3.8, 4) is 0 Å². The third kappa shape index (κ3) is 2.42. The summed E-state index contributed by atoms with van der Waals surface area (Å²) in [5, 5.41) is 13.6. The van der Waals surface area contributed by atoms with E-state index in [0.717, 1.165) is 6.07 Å². The van der Waals surface area contributed by atoms with Crippen molar-refractivity contribution in [1.82, 2.24) is 5.32 Å². The second-order valence-corrected chi connectivity index (χ2v) is 4.35. The molecule has 0 bridgehead atoms. The monoisotopic (exact) mass is 240 g/mol. The third-order valence-corrected chi connectivity index (χ3v) is 2.83. The highest BCUT2D eigenvalue weighted by Gasteiger charge is 2.32. The Morgan fingerprint density at radius 1 is 1.59 bits per heavy atom. The first-order chi connectivity index (χ1) is 8.02. The van der Waals surface area contributed by atoms with Crippen LogP contribution in [0.1, 0.15) is 12.5 Å². The normalized spacial score (nSPS) is 17.5. The van der Waals surface area contributed by atoms with Crippen LogP contribution in [0.25, 0.3) is 0 Å². The van der Waals surface area contributed by atoms with Crippen LogP contribution in [0.3, 0.4) is 0 Å². The number of rotatable bonds is 4. The minimum atomic E-state index is -0.812. The van der Waals surface area contributed by atoms with Crippen LogP contribution in [-0.2, 0) is 11.3 Å². The van der Waals surface area contributed by atoms with Gasteiger partial charge in [0, 0.05) is 24.7 Å². The number of benzene rings is 1. The van der Waals surface area contributed by atoms with Crippen molar-refractivity contribution < 1.29 is 14.1 Å². The second kappa shape index (κ2) is 4.38. The van der Waals surface area contributed by atoms with E-state index in [-0.39, 0.29) is 17.8 Å². The minimum Gasteiger partial charge on any atom is -0.368 e. The molecule has 5 nitrogen and oxygen atoms in total. The summed E-state index contributed by atoms with van der Waals surface area (Å²) in [5.74, 6) is -0.812. The zero-order chi connectivity index (χ0) is 12.5. The summed E-state index contributed by atoms with van der Waals surface area (Å²) in [7, 11) is 0. The van der Waals surface area contributed by atoms with Gasteiger partial charge in [-0.3, -0.25) is 10.1 Å². The van der Waals surface area contributed by atoms with Gasteiger partial charge >= 0.3 is 5.69 Å². The van der Waals surface area contributed by atoms with Crippen LogP contribution in [0, 0.1) is 15.9 Å². The first kappa shape index (κ1) is 11.9. The van der Waals surface area contributed by atoms with Gasteiger partial charge in [0.05, 0.1) is 17.1 Å². The number of nitrogens with zero attached hydrogens (tertiary/aromatic N) is 1. The van der Waals surface area contributed by atoms with Gasteiger partial charge in [-0.2, -0.15) is 4.39 Å². The summed E-state index contributed by atoms with van der Waals surface area (Å²) in [6, 6.07) is 4.10. The third-order valence-electron chi connectivity index (χ3n) is 2.83. The molecule has 1 N–H and O–H groups in total. The van der Waals surface area contributed by atoms with Crippen molar-refractivity contribution in [3.63, 3.8) is 0 Å². The molecule has 1 aromatic rings. The second-order valence-electron chi connectivity index (χ2n) is 4.35. The summed E-state index contributed by atoms with van der Waals surface area (Å²) in [6.07, 6.45) is 0. The summed E-state index contributed by atoms with van der Waals surface area (Å²) in [5.41, 5.74) is -0.591. The molecule has 0 aliphatic carbocycles. The Bertz CT molecular complexity index is 446. The molecule has 0 aromatic heterocycles. The number of halogens is 1. The molecular formula is C11H13FN2O3. The zero-order valence-electron chi connectivity index (χ0n) is 9.40. The van der Waals surface area contributed by atoms with Gasteiger partial charge in [0.15, 0.2) is 0 Å². The van der Waals surface area contributed by atoms with Crippen LogP contribution in [0.2, 0.25) is 0 Å². The van der Waals surface area contributed by atoms with E-state index < -0.39 is 16.4 Å². The zero-order valence-corrected chi connectivity index (χ0v) is 9.40. The molecule has 0 unspecified atom stereocenters. The van der Waals surface area contributed by atoms with Crippen molar-refractivity contribution in [1.29, 1.82) is 0 Å². The van der Waals surface area contributed by atoms with Gasteiger partial charge < -0.3 is 10.1 Å². The average Bonchev–Trinajstić information content (AvgIpc) is 2.25. The number of hydrogen-bond donors (Lipinski definition) is 1. The fraction of sp³-hybridized carbons (Fsp3) is 0.455. The molecule has 1 fully saturated rings. The lowest BCUT2D eigenvalue weighted by Gasteiger charge is -2.39. The Morgan fingerprint density at radius 3 is 2.82 bits per heavy atom. The predicted octanol–water partition coefficient (Wildman–Crippen LogP) is 1.61. The van der Waals surface area contributed by atoms with Crippen LogP contribution in [0.15, 0.2) is 18.2 Å². The van der Waals surface area contributed by atoms with E-state index >= 15 is 0 Å². The molecule has 1 saturated heterocycles. The van der Waals surface area contributed by atoms with Gasteiger partial charge in [0.1, 0.15) is 0 Å². The molecule has 1 aliphatic rings. The van der Waals surface area contributed by atoms with Crippen LogP contribution in [0.5, 0.6) is 0 Å². The fourth-order valence-electron chi connectivity index (χ4n) is 1.65. The van der Waals surface area contributed by atoms with E-state index in [9.17, 15) is 14.5 Å². The first-order valence-electron chi connectivity index (χ1n) is 5.28. The lowest BCUT2D eigenvalue weighted by molar-refractivity contribution is -0.387. The highest BCUT2D eigenvalue weighted by molar-refractivity contribution is 5.36. The maximum atomic E-state index is 13.7. The Labute approximate surface area is 97.7 Å². The molecule has 1 aromatic carbocycles. The van der Waals surface area contributed by atoms with Gasteiger partial charge in [-0.05, 0) is 6.92 Å². The van der Waals surface area contributed by atoms with Crippen molar-refractivity contribution in [2.75, 3.05) is 13.1 Å². The standard InChI is InChI=1S/C11H13FN2O3/c1-11(6-13-7-11)17-5-8-3-2-4-9(10(8)12)14(15)16/h2-4,13H,5-7H2,1H3. The van der Waals surface area contributed by atoms with Gasteiger partial charge in [-0.15, -0.1) is 0 Å². The summed E-state index contributed by atoms with van der Waals surface area (Å²) < 4.78 is 19.2. The van der Waals surface area contributed by atoms with Crippen molar-refractivity contribution in [3.05, 3.63) is 39.7 Å². The van der Waals surface area contributed by atoms with Crippen LogP contribution >= 0.6 is 0 Å². The van der Waals surface area contributed by atoms with E-state index in [1.807, 2.05) is 6.92 Å². The first-order valence-corrected chi connectivity index (χ1v) is 5.28. The SMILES string of the molecule is CC1(OCc2cccc([N+](=O)[O-])c2F)CNC1. The molecule has 2 rings (SSSR count). The lowest BCUT2D eigenvalue weighted by atomic mass is 10.00. The molecular weight excluding hydrogens is 227 g/mol. The number of nitro groups is 1. The highest BCUT2D eigenvalue weighted by atomic mass is 19.1. The fourth-order valence-corrected chi connectivity index (χ4v) is 1.65. The van der Waals surface area contributed by atoms with E-state index in [0.29, 0.717) is 13.1 Å². The predicted molar refractivity (Wildman–Crippen MR) is 59.1 cm³/mol. The largest absolute Gasteiger partial charge is 0.368 e.